The predicted molar refractivity (Wildman–Crippen MR) is 124 cm³/mol. The summed E-state index contributed by atoms with van der Waals surface area (Å²) in [5, 5.41) is 21.6. The van der Waals surface area contributed by atoms with Gasteiger partial charge in [0.1, 0.15) is 35.5 Å². The van der Waals surface area contributed by atoms with E-state index in [1.165, 1.54) is 16.9 Å². The van der Waals surface area contributed by atoms with Crippen molar-refractivity contribution in [2.75, 3.05) is 0 Å². The zero-order chi connectivity index (χ0) is 24.9. The van der Waals surface area contributed by atoms with Crippen LogP contribution >= 0.6 is 0 Å². The number of terminal acetylenes is 1. The van der Waals surface area contributed by atoms with Crippen LogP contribution < -0.4 is 16.0 Å². The van der Waals surface area contributed by atoms with Crippen LogP contribution in [-0.2, 0) is 13.6 Å². The van der Waals surface area contributed by atoms with E-state index in [1.54, 1.807) is 25.2 Å². The first-order valence-electron chi connectivity index (χ1n) is 10.7. The maximum atomic E-state index is 15.7. The Hall–Kier alpha value is -4.54. The second-order valence-corrected chi connectivity index (χ2v) is 8.14. The van der Waals surface area contributed by atoms with Gasteiger partial charge in [-0.15, -0.1) is 6.42 Å². The molecule has 35 heavy (non-hydrogen) atoms. The summed E-state index contributed by atoms with van der Waals surface area (Å²) < 4.78 is 36.2. The van der Waals surface area contributed by atoms with Crippen LogP contribution in [0.25, 0.3) is 33.2 Å². The summed E-state index contributed by atoms with van der Waals surface area (Å²) in [7, 11) is 1.60. The second-order valence-electron chi connectivity index (χ2n) is 8.14. The first kappa shape index (κ1) is 22.3. The highest BCUT2D eigenvalue weighted by Crippen LogP contribution is 2.42. The molecule has 4 aromatic rings. The maximum absolute atomic E-state index is 15.7. The van der Waals surface area contributed by atoms with E-state index >= 15 is 4.39 Å². The van der Waals surface area contributed by atoms with Gasteiger partial charge in [-0.1, -0.05) is 12.0 Å². The topological polar surface area (TPSA) is 123 Å². The molecule has 0 spiro atoms. The largest absolute Gasteiger partial charge is 0.486 e. The maximum Gasteiger partial charge on any atom is 0.272 e. The minimum Gasteiger partial charge on any atom is -0.486 e. The minimum atomic E-state index is -1.15. The van der Waals surface area contributed by atoms with Crippen LogP contribution in [0.2, 0.25) is 0 Å². The molecule has 2 aromatic heterocycles. The molecule has 2 aromatic carbocycles. The Balaban J connectivity index is 1.77. The summed E-state index contributed by atoms with van der Waals surface area (Å²) in [6, 6.07) is 8.23. The van der Waals surface area contributed by atoms with Crippen molar-refractivity contribution in [3.05, 3.63) is 63.5 Å². The number of H-pyrrole nitrogens is 1. The van der Waals surface area contributed by atoms with Gasteiger partial charge in [0.2, 0.25) is 0 Å². The van der Waals surface area contributed by atoms with Gasteiger partial charge in [0.25, 0.3) is 5.56 Å². The first-order chi connectivity index (χ1) is 16.9. The number of nitrogens with one attached hydrogen (secondary N) is 1. The van der Waals surface area contributed by atoms with Crippen molar-refractivity contribution in [3.63, 3.8) is 0 Å². The Kier molecular flexibility index (Phi) is 5.31. The molecule has 0 radical (unpaired) electrons. The molecule has 0 saturated heterocycles. The van der Waals surface area contributed by atoms with Gasteiger partial charge >= 0.3 is 0 Å². The normalized spacial score (nSPS) is 16.6. The fourth-order valence-electron chi connectivity index (χ4n) is 4.08. The van der Waals surface area contributed by atoms with Gasteiger partial charge in [-0.3, -0.25) is 9.48 Å². The van der Waals surface area contributed by atoms with Crippen LogP contribution in [0, 0.1) is 29.5 Å². The SMILES string of the molecule is C#Cc1cc(O[C@@H]2C[C@@H]2F)c(C#N)c(-c2c(-c3ccc4c(=O)[nH]nc(CN)c4c3)cnn2C)c1F. The number of hydrogen-bond acceptors (Lipinski definition) is 6. The lowest BCUT2D eigenvalue weighted by Gasteiger charge is -2.15. The first-order valence-corrected chi connectivity index (χ1v) is 10.7. The number of nitriles is 1. The van der Waals surface area contributed by atoms with E-state index in [2.05, 4.69) is 21.2 Å². The van der Waals surface area contributed by atoms with Crippen LogP contribution in [-0.4, -0.2) is 32.3 Å². The summed E-state index contributed by atoms with van der Waals surface area (Å²) in [6.45, 7) is 0.0888. The smallest absolute Gasteiger partial charge is 0.272 e. The molecule has 8 nitrogen and oxygen atoms in total. The highest BCUT2D eigenvalue weighted by atomic mass is 19.1. The molecule has 0 unspecified atom stereocenters. The van der Waals surface area contributed by atoms with Crippen molar-refractivity contribution < 1.29 is 13.5 Å². The molecule has 1 aliphatic carbocycles. The molecule has 0 bridgehead atoms. The number of aryl methyl sites for hydroxylation is 1. The molecule has 0 aliphatic heterocycles. The lowest BCUT2D eigenvalue weighted by Crippen LogP contribution is -2.13. The highest BCUT2D eigenvalue weighted by molar-refractivity contribution is 5.92. The number of benzene rings is 2. The van der Waals surface area contributed by atoms with Crippen molar-refractivity contribution in [1.82, 2.24) is 20.0 Å². The summed E-state index contributed by atoms with van der Waals surface area (Å²) >= 11 is 0. The Labute approximate surface area is 197 Å². The van der Waals surface area contributed by atoms with Crippen molar-refractivity contribution in [3.8, 4) is 46.5 Å². The number of alkyl halides is 1. The van der Waals surface area contributed by atoms with E-state index in [4.69, 9.17) is 16.9 Å². The Morgan fingerprint density at radius 3 is 2.80 bits per heavy atom. The fourth-order valence-corrected chi connectivity index (χ4v) is 4.08. The van der Waals surface area contributed by atoms with Gasteiger partial charge in [-0.25, -0.2) is 13.9 Å². The third-order valence-corrected chi connectivity index (χ3v) is 5.98. The van der Waals surface area contributed by atoms with E-state index in [9.17, 15) is 14.4 Å². The van der Waals surface area contributed by atoms with E-state index in [0.29, 0.717) is 27.6 Å². The zero-order valence-corrected chi connectivity index (χ0v) is 18.5. The van der Waals surface area contributed by atoms with Gasteiger partial charge < -0.3 is 10.5 Å². The summed E-state index contributed by atoms with van der Waals surface area (Å²) in [4.78, 5) is 12.2. The van der Waals surface area contributed by atoms with Crippen LogP contribution in [0.1, 0.15) is 23.2 Å². The van der Waals surface area contributed by atoms with Gasteiger partial charge in [0.05, 0.1) is 34.1 Å². The zero-order valence-electron chi connectivity index (χ0n) is 18.5. The van der Waals surface area contributed by atoms with E-state index < -0.39 is 18.1 Å². The monoisotopic (exact) mass is 472 g/mol. The van der Waals surface area contributed by atoms with Gasteiger partial charge in [-0.05, 0) is 17.7 Å². The molecule has 174 valence electrons. The summed E-state index contributed by atoms with van der Waals surface area (Å²) in [5.41, 5.74) is 6.88. The van der Waals surface area contributed by atoms with Crippen molar-refractivity contribution in [1.29, 1.82) is 5.26 Å². The second kappa shape index (κ2) is 8.35. The summed E-state index contributed by atoms with van der Waals surface area (Å²) in [6.07, 6.45) is 5.37. The van der Waals surface area contributed by atoms with E-state index in [1.807, 2.05) is 6.07 Å². The molecule has 2 heterocycles. The number of aromatic amines is 1. The quantitative estimate of drug-likeness (QED) is 0.431. The lowest BCUT2D eigenvalue weighted by atomic mass is 9.94. The van der Waals surface area contributed by atoms with Gasteiger partial charge in [-0.2, -0.15) is 15.5 Å². The summed E-state index contributed by atoms with van der Waals surface area (Å²) in [5.74, 6) is 1.48. The number of ether oxygens (including phenoxy) is 1. The Morgan fingerprint density at radius 1 is 1.37 bits per heavy atom. The van der Waals surface area contributed by atoms with Crippen LogP contribution in [0.4, 0.5) is 8.78 Å². The molecular formula is C25H18F2N6O2. The number of aromatic nitrogens is 4. The average Bonchev–Trinajstić information content (AvgIpc) is 3.42. The van der Waals surface area contributed by atoms with Crippen molar-refractivity contribution in [2.24, 2.45) is 12.8 Å². The number of halogens is 2. The number of hydrogen-bond donors (Lipinski definition) is 2. The van der Waals surface area contributed by atoms with Gasteiger partial charge in [0, 0.05) is 37.0 Å². The molecule has 1 aliphatic rings. The third kappa shape index (κ3) is 3.61. The number of nitrogens with zero attached hydrogens (tertiary/aromatic N) is 4. The average molecular weight is 472 g/mol. The standard InChI is InChI=1S/C25H18F2N6O2/c1-3-12-7-20(35-21-8-18(21)26)16(9-28)22(23(12)27)24-17(11-30-33(24)2)13-4-5-14-15(6-13)19(10-29)31-32-25(14)34/h1,4-7,11,18,21H,8,10,29H2,2H3,(H,32,34)/t18-,21+/m0/s1. The number of nitrogens with two attached hydrogens (primary N) is 1. The molecule has 2 atom stereocenters. The van der Waals surface area contributed by atoms with Crippen LogP contribution in [0.3, 0.4) is 0 Å². The van der Waals surface area contributed by atoms with Gasteiger partial charge in [0.15, 0.2) is 0 Å². The fraction of sp³-hybridized carbons (Fsp3) is 0.200. The van der Waals surface area contributed by atoms with Crippen LogP contribution in [0.15, 0.2) is 35.3 Å². The predicted octanol–water partition coefficient (Wildman–Crippen LogP) is 2.93. The molecule has 0 amide bonds. The van der Waals surface area contributed by atoms with E-state index in [-0.39, 0.29) is 46.7 Å². The van der Waals surface area contributed by atoms with Crippen molar-refractivity contribution in [2.45, 2.75) is 25.2 Å². The molecule has 10 heteroatoms. The molecular weight excluding hydrogens is 454 g/mol. The molecule has 5 rings (SSSR count). The van der Waals surface area contributed by atoms with Crippen LogP contribution in [0.5, 0.6) is 5.75 Å². The number of fused-ring (bicyclic) bond motifs is 1. The molecule has 3 N–H and O–H groups in total. The number of rotatable bonds is 5. The Bertz CT molecular complexity index is 1640. The molecule has 1 saturated carbocycles. The van der Waals surface area contributed by atoms with Crippen molar-refractivity contribution >= 4 is 10.8 Å². The molecule has 1 fully saturated rings. The Morgan fingerprint density at radius 2 is 2.14 bits per heavy atom. The lowest BCUT2D eigenvalue weighted by molar-refractivity contribution is 0.260. The minimum absolute atomic E-state index is 0.00816. The third-order valence-electron chi connectivity index (χ3n) is 5.98. The highest BCUT2D eigenvalue weighted by Gasteiger charge is 2.41. The van der Waals surface area contributed by atoms with E-state index in [0.717, 1.165) is 0 Å².